The number of hydrogen-bond donors (Lipinski definition) is 0. The van der Waals surface area contributed by atoms with Crippen molar-refractivity contribution in [1.29, 1.82) is 0 Å². The zero-order chi connectivity index (χ0) is 10.9. The van der Waals surface area contributed by atoms with Crippen molar-refractivity contribution in [3.8, 4) is 0 Å². The van der Waals surface area contributed by atoms with Crippen LogP contribution in [0.2, 0.25) is 0 Å². The van der Waals surface area contributed by atoms with E-state index in [1.165, 1.54) is 13.0 Å². The molecule has 76 valence electrons. The molecule has 0 radical (unpaired) electrons. The van der Waals surface area contributed by atoms with Crippen LogP contribution >= 0.6 is 15.9 Å². The molecule has 0 N–H and O–H groups in total. The third-order valence-corrected chi connectivity index (χ3v) is 2.83. The highest BCUT2D eigenvalue weighted by atomic mass is 79.9. The summed E-state index contributed by atoms with van der Waals surface area (Å²) in [6, 6.07) is 1.32. The maximum Gasteiger partial charge on any atom is 0.169 e. The molecule has 0 bridgehead atoms. The number of Topliss-reactive ketones (excluding diaryl/α,β-unsaturated/α-hetero) is 1. The third-order valence-electron chi connectivity index (χ3n) is 2.01. The minimum atomic E-state index is -1.06. The number of hydrogen-bond acceptors (Lipinski definition) is 1. The lowest BCUT2D eigenvalue weighted by Gasteiger charge is -2.06. The SMILES string of the molecule is CCC(=O)c1cc(Br)c(C)c(F)c1F. The van der Waals surface area contributed by atoms with E-state index in [2.05, 4.69) is 15.9 Å². The van der Waals surface area contributed by atoms with Gasteiger partial charge in [-0.05, 0) is 13.0 Å². The first kappa shape index (κ1) is 11.3. The third kappa shape index (κ3) is 1.85. The van der Waals surface area contributed by atoms with Gasteiger partial charge in [0.1, 0.15) is 0 Å². The van der Waals surface area contributed by atoms with Gasteiger partial charge in [-0.25, -0.2) is 8.78 Å². The largest absolute Gasteiger partial charge is 0.294 e. The Morgan fingerprint density at radius 3 is 2.50 bits per heavy atom. The average molecular weight is 263 g/mol. The average Bonchev–Trinajstić information content (AvgIpc) is 2.19. The number of rotatable bonds is 2. The summed E-state index contributed by atoms with van der Waals surface area (Å²) >= 11 is 3.07. The fourth-order valence-electron chi connectivity index (χ4n) is 1.08. The normalized spacial score (nSPS) is 10.4. The molecule has 0 aromatic heterocycles. The van der Waals surface area contributed by atoms with E-state index in [0.717, 1.165) is 0 Å². The predicted molar refractivity (Wildman–Crippen MR) is 53.4 cm³/mol. The number of benzene rings is 1. The van der Waals surface area contributed by atoms with Crippen molar-refractivity contribution in [3.05, 3.63) is 33.3 Å². The zero-order valence-corrected chi connectivity index (χ0v) is 9.41. The van der Waals surface area contributed by atoms with Gasteiger partial charge in [0.15, 0.2) is 17.4 Å². The second kappa shape index (κ2) is 4.17. The van der Waals surface area contributed by atoms with Gasteiger partial charge in [-0.1, -0.05) is 22.9 Å². The van der Waals surface area contributed by atoms with Gasteiger partial charge in [0.05, 0.1) is 5.56 Å². The molecule has 0 atom stereocenters. The monoisotopic (exact) mass is 262 g/mol. The van der Waals surface area contributed by atoms with Crippen molar-refractivity contribution < 1.29 is 13.6 Å². The van der Waals surface area contributed by atoms with E-state index in [9.17, 15) is 13.6 Å². The molecule has 1 nitrogen and oxygen atoms in total. The molecule has 1 rings (SSSR count). The van der Waals surface area contributed by atoms with Crippen LogP contribution in [0, 0.1) is 18.6 Å². The first-order valence-corrected chi connectivity index (χ1v) is 4.95. The Labute approximate surface area is 89.3 Å². The topological polar surface area (TPSA) is 17.1 Å². The van der Waals surface area contributed by atoms with Crippen LogP contribution < -0.4 is 0 Å². The molecule has 0 aliphatic heterocycles. The van der Waals surface area contributed by atoms with Crippen LogP contribution in [0.3, 0.4) is 0 Å². The highest BCUT2D eigenvalue weighted by Gasteiger charge is 2.18. The lowest BCUT2D eigenvalue weighted by molar-refractivity contribution is 0.0983. The van der Waals surface area contributed by atoms with Crippen LogP contribution in [-0.4, -0.2) is 5.78 Å². The molecule has 0 saturated heterocycles. The van der Waals surface area contributed by atoms with Crippen LogP contribution in [0.1, 0.15) is 29.3 Å². The van der Waals surface area contributed by atoms with E-state index in [1.807, 2.05) is 0 Å². The first-order valence-electron chi connectivity index (χ1n) is 4.16. The summed E-state index contributed by atoms with van der Waals surface area (Å²) in [5, 5.41) is 0. The number of halogens is 3. The predicted octanol–water partition coefficient (Wildman–Crippen LogP) is 3.63. The second-order valence-corrected chi connectivity index (χ2v) is 3.79. The molecule has 1 aromatic carbocycles. The van der Waals surface area contributed by atoms with E-state index < -0.39 is 17.4 Å². The van der Waals surface area contributed by atoms with Crippen molar-refractivity contribution >= 4 is 21.7 Å². The summed E-state index contributed by atoms with van der Waals surface area (Å²) in [5.41, 5.74) is -0.0161. The zero-order valence-electron chi connectivity index (χ0n) is 7.83. The van der Waals surface area contributed by atoms with Gasteiger partial charge in [-0.15, -0.1) is 0 Å². The number of carbonyl (C=O) groups excluding carboxylic acids is 1. The van der Waals surface area contributed by atoms with Gasteiger partial charge in [-0.2, -0.15) is 0 Å². The van der Waals surface area contributed by atoms with Gasteiger partial charge in [0, 0.05) is 16.5 Å². The second-order valence-electron chi connectivity index (χ2n) is 2.94. The van der Waals surface area contributed by atoms with Crippen LogP contribution in [0.4, 0.5) is 8.78 Å². The van der Waals surface area contributed by atoms with Gasteiger partial charge in [-0.3, -0.25) is 4.79 Å². The molecule has 0 aliphatic rings. The minimum absolute atomic E-state index is 0.159. The Balaban J connectivity index is 3.40. The van der Waals surface area contributed by atoms with Crippen LogP contribution in [0.5, 0.6) is 0 Å². The lowest BCUT2D eigenvalue weighted by atomic mass is 10.1. The highest BCUT2D eigenvalue weighted by Crippen LogP contribution is 2.25. The molecule has 4 heteroatoms. The molecule has 0 fully saturated rings. The van der Waals surface area contributed by atoms with Gasteiger partial charge < -0.3 is 0 Å². The Hall–Kier alpha value is -0.770. The smallest absolute Gasteiger partial charge is 0.169 e. The van der Waals surface area contributed by atoms with Gasteiger partial charge in [0.2, 0.25) is 0 Å². The molecule has 0 spiro atoms. The maximum absolute atomic E-state index is 13.3. The molecule has 0 heterocycles. The van der Waals surface area contributed by atoms with E-state index in [-0.39, 0.29) is 17.5 Å². The van der Waals surface area contributed by atoms with Crippen molar-refractivity contribution in [2.75, 3.05) is 0 Å². The Morgan fingerprint density at radius 1 is 1.43 bits per heavy atom. The van der Waals surface area contributed by atoms with E-state index in [0.29, 0.717) is 4.47 Å². The Kier molecular flexibility index (Phi) is 3.37. The van der Waals surface area contributed by atoms with E-state index in [4.69, 9.17) is 0 Å². The summed E-state index contributed by atoms with van der Waals surface area (Å²) in [7, 11) is 0. The minimum Gasteiger partial charge on any atom is -0.294 e. The first-order chi connectivity index (χ1) is 6.49. The molecular formula is C10H9BrF2O. The highest BCUT2D eigenvalue weighted by molar-refractivity contribution is 9.10. The van der Waals surface area contributed by atoms with Crippen LogP contribution in [0.25, 0.3) is 0 Å². The van der Waals surface area contributed by atoms with Crippen molar-refractivity contribution in [2.24, 2.45) is 0 Å². The summed E-state index contributed by atoms with van der Waals surface area (Å²) < 4.78 is 26.9. The Bertz CT molecular complexity index is 388. The summed E-state index contributed by atoms with van der Waals surface area (Å²) in [6.45, 7) is 3.05. The van der Waals surface area contributed by atoms with E-state index >= 15 is 0 Å². The molecule has 0 amide bonds. The number of ketones is 1. The van der Waals surface area contributed by atoms with Crippen molar-refractivity contribution in [2.45, 2.75) is 20.3 Å². The molecule has 0 aliphatic carbocycles. The fraction of sp³-hybridized carbons (Fsp3) is 0.300. The van der Waals surface area contributed by atoms with Crippen LogP contribution in [0.15, 0.2) is 10.5 Å². The standard InChI is InChI=1S/C10H9BrF2O/c1-3-8(14)6-4-7(11)5(2)9(12)10(6)13/h4H,3H2,1-2H3. The van der Waals surface area contributed by atoms with Crippen LogP contribution in [-0.2, 0) is 0 Å². The summed E-state index contributed by atoms with van der Waals surface area (Å²) in [4.78, 5) is 11.2. The van der Waals surface area contributed by atoms with Crippen molar-refractivity contribution in [3.63, 3.8) is 0 Å². The molecule has 14 heavy (non-hydrogen) atoms. The van der Waals surface area contributed by atoms with E-state index in [1.54, 1.807) is 6.92 Å². The maximum atomic E-state index is 13.3. The van der Waals surface area contributed by atoms with Gasteiger partial charge in [0.25, 0.3) is 0 Å². The van der Waals surface area contributed by atoms with Gasteiger partial charge >= 0.3 is 0 Å². The molecule has 1 aromatic rings. The summed E-state index contributed by atoms with van der Waals surface area (Å²) in [6.07, 6.45) is 0.159. The quantitative estimate of drug-likeness (QED) is 0.588. The molecular weight excluding hydrogens is 254 g/mol. The fourth-order valence-corrected chi connectivity index (χ4v) is 1.48. The lowest BCUT2D eigenvalue weighted by Crippen LogP contribution is -2.04. The Morgan fingerprint density at radius 2 is 2.00 bits per heavy atom. The summed E-state index contributed by atoms with van der Waals surface area (Å²) in [5.74, 6) is -2.42. The van der Waals surface area contributed by atoms with Crippen molar-refractivity contribution in [1.82, 2.24) is 0 Å². The number of carbonyl (C=O) groups is 1. The molecule has 0 unspecified atom stereocenters. The molecule has 0 saturated carbocycles.